The van der Waals surface area contributed by atoms with Gasteiger partial charge in [0.15, 0.2) is 0 Å². The molecule has 2 fully saturated rings. The summed E-state index contributed by atoms with van der Waals surface area (Å²) in [6.45, 7) is 7.25. The molecule has 1 N–H and O–H groups in total. The summed E-state index contributed by atoms with van der Waals surface area (Å²) in [6.07, 6.45) is -0.677. The van der Waals surface area contributed by atoms with Crippen molar-refractivity contribution in [1.82, 2.24) is 20.2 Å². The summed E-state index contributed by atoms with van der Waals surface area (Å²) in [5, 5.41) is 2.74. The third-order valence-electron chi connectivity index (χ3n) is 8.55. The molecule has 1 aromatic heterocycles. The lowest BCUT2D eigenvalue weighted by Gasteiger charge is -2.34. The van der Waals surface area contributed by atoms with Gasteiger partial charge in [-0.25, -0.2) is 14.8 Å². The monoisotopic (exact) mass is 590 g/mol. The van der Waals surface area contributed by atoms with E-state index in [0.717, 1.165) is 44.2 Å². The van der Waals surface area contributed by atoms with E-state index in [1.807, 2.05) is 20.8 Å². The summed E-state index contributed by atoms with van der Waals surface area (Å²) in [5.41, 5.74) is -0.629. The first-order chi connectivity index (χ1) is 19.8. The van der Waals surface area contributed by atoms with E-state index >= 15 is 0 Å². The van der Waals surface area contributed by atoms with Crippen molar-refractivity contribution < 1.29 is 37.0 Å². The molecule has 3 aliphatic rings. The van der Waals surface area contributed by atoms with Gasteiger partial charge in [-0.2, -0.15) is 13.2 Å². The molecule has 5 rings (SSSR count). The fourth-order valence-corrected chi connectivity index (χ4v) is 5.86. The smallest absolute Gasteiger partial charge is 0.416 e. The number of hydrogen-bond acceptors (Lipinski definition) is 7. The number of benzene rings is 1. The van der Waals surface area contributed by atoms with Crippen LogP contribution in [0.4, 0.5) is 18.0 Å². The number of hydrogen-bond donors (Lipinski definition) is 1. The van der Waals surface area contributed by atoms with Gasteiger partial charge in [-0.1, -0.05) is 40.5 Å². The van der Waals surface area contributed by atoms with Crippen molar-refractivity contribution >= 4 is 29.3 Å². The van der Waals surface area contributed by atoms with Crippen molar-refractivity contribution in [1.29, 1.82) is 0 Å². The van der Waals surface area contributed by atoms with Crippen LogP contribution < -0.4 is 10.1 Å². The zero-order valence-electron chi connectivity index (χ0n) is 24.2. The molecule has 1 aliphatic carbocycles. The van der Waals surface area contributed by atoms with Gasteiger partial charge in [-0.3, -0.25) is 4.79 Å². The molecule has 2 amide bonds. The lowest BCUT2D eigenvalue weighted by molar-refractivity contribution is -0.139. The summed E-state index contributed by atoms with van der Waals surface area (Å²) in [6, 6.07) is 1.44. The van der Waals surface area contributed by atoms with Crippen LogP contribution in [0.2, 0.25) is 0 Å². The molecule has 0 spiro atoms. The van der Waals surface area contributed by atoms with E-state index in [1.165, 1.54) is 11.0 Å². The highest BCUT2D eigenvalue weighted by atomic mass is 19.4. The third kappa shape index (κ3) is 6.32. The van der Waals surface area contributed by atoms with E-state index < -0.39 is 53.3 Å². The van der Waals surface area contributed by atoms with Gasteiger partial charge in [0, 0.05) is 5.92 Å². The van der Waals surface area contributed by atoms with Crippen molar-refractivity contribution in [3.05, 3.63) is 29.5 Å². The molecule has 2 aliphatic heterocycles. The second-order valence-electron chi connectivity index (χ2n) is 12.8. The zero-order chi connectivity index (χ0) is 30.4. The summed E-state index contributed by atoms with van der Waals surface area (Å²) in [5.74, 6) is -0.530. The number of aldehydes is 1. The molecule has 1 aromatic carbocycles. The average molecular weight is 591 g/mol. The second-order valence-corrected chi connectivity index (χ2v) is 12.8. The number of alkyl carbamates (subject to hydrolysis) is 1. The number of aryl methyl sites for hydroxylation is 1. The number of rotatable bonds is 1. The Morgan fingerprint density at radius 2 is 1.79 bits per heavy atom. The highest BCUT2D eigenvalue weighted by molar-refractivity contribution is 5.89. The van der Waals surface area contributed by atoms with Crippen molar-refractivity contribution in [3.63, 3.8) is 0 Å². The van der Waals surface area contributed by atoms with Gasteiger partial charge in [-0.15, -0.1) is 0 Å². The first kappa shape index (κ1) is 30.0. The lowest BCUT2D eigenvalue weighted by atomic mass is 9.85. The average Bonchev–Trinajstić information content (AvgIpc) is 3.56. The Hall–Kier alpha value is -3.44. The number of ether oxygens (including phenoxy) is 2. The fraction of sp³-hybridized carbons (Fsp3) is 0.633. The van der Waals surface area contributed by atoms with Crippen LogP contribution in [0.25, 0.3) is 11.0 Å². The van der Waals surface area contributed by atoms with Gasteiger partial charge >= 0.3 is 12.3 Å². The van der Waals surface area contributed by atoms with Crippen molar-refractivity contribution in [2.75, 3.05) is 6.54 Å². The van der Waals surface area contributed by atoms with Gasteiger partial charge in [0.05, 0.1) is 29.2 Å². The van der Waals surface area contributed by atoms with Crippen molar-refractivity contribution in [2.24, 2.45) is 17.3 Å². The Morgan fingerprint density at radius 3 is 2.48 bits per heavy atom. The molecule has 0 radical (unpaired) electrons. The van der Waals surface area contributed by atoms with Crippen LogP contribution in [0, 0.1) is 17.3 Å². The van der Waals surface area contributed by atoms with E-state index in [1.54, 1.807) is 6.92 Å². The summed E-state index contributed by atoms with van der Waals surface area (Å²) in [4.78, 5) is 49.4. The summed E-state index contributed by atoms with van der Waals surface area (Å²) < 4.78 is 52.2. The number of amides is 2. The maximum atomic E-state index is 13.9. The van der Waals surface area contributed by atoms with Gasteiger partial charge in [0.25, 0.3) is 0 Å². The molecule has 2 aromatic rings. The molecule has 1 saturated heterocycles. The Kier molecular flexibility index (Phi) is 8.10. The van der Waals surface area contributed by atoms with Gasteiger partial charge < -0.3 is 24.5 Å². The highest BCUT2D eigenvalue weighted by Crippen LogP contribution is 2.39. The molecule has 42 heavy (non-hydrogen) atoms. The molecule has 9 nitrogen and oxygen atoms in total. The quantitative estimate of drug-likeness (QED) is 0.461. The predicted octanol–water partition coefficient (Wildman–Crippen LogP) is 5.09. The van der Waals surface area contributed by atoms with E-state index in [0.29, 0.717) is 23.9 Å². The maximum absolute atomic E-state index is 13.9. The topological polar surface area (TPSA) is 111 Å². The Labute approximate surface area is 242 Å². The van der Waals surface area contributed by atoms with Crippen LogP contribution in [-0.4, -0.2) is 64.0 Å². The Balaban J connectivity index is 1.51. The van der Waals surface area contributed by atoms with Crippen LogP contribution in [0.5, 0.6) is 5.88 Å². The lowest BCUT2D eigenvalue weighted by Crippen LogP contribution is -2.56. The molecule has 228 valence electrons. The minimum absolute atomic E-state index is 0.0269. The number of carbonyl (C=O) groups excluding carboxylic acids is 3. The number of fused-ring (bicyclic) bond motifs is 5. The highest BCUT2D eigenvalue weighted by Gasteiger charge is 2.48. The van der Waals surface area contributed by atoms with Crippen molar-refractivity contribution in [3.8, 4) is 5.88 Å². The maximum Gasteiger partial charge on any atom is 0.416 e. The number of halogens is 3. The van der Waals surface area contributed by atoms with E-state index in [-0.39, 0.29) is 30.0 Å². The Bertz CT molecular complexity index is 1360. The molecule has 2 bridgehead atoms. The number of carbonyl (C=O) groups is 3. The van der Waals surface area contributed by atoms with E-state index in [9.17, 15) is 27.6 Å². The van der Waals surface area contributed by atoms with Crippen LogP contribution in [-0.2, 0) is 26.9 Å². The summed E-state index contributed by atoms with van der Waals surface area (Å²) >= 11 is 0. The first-order valence-corrected chi connectivity index (χ1v) is 14.5. The number of nitrogens with zero attached hydrogens (tertiary/aromatic N) is 3. The number of nitrogens with one attached hydrogen (secondary N) is 1. The Morgan fingerprint density at radius 1 is 1.02 bits per heavy atom. The van der Waals surface area contributed by atoms with Crippen LogP contribution in [0.1, 0.15) is 71.1 Å². The predicted molar refractivity (Wildman–Crippen MR) is 147 cm³/mol. The largest absolute Gasteiger partial charge is 0.471 e. The number of aromatic nitrogens is 2. The van der Waals surface area contributed by atoms with Crippen LogP contribution in [0.3, 0.4) is 0 Å². The SMILES string of the molecule is C[C@@H]1[C@@H]2CN(C(=O)[C@H](C(C)(C)C)NC(=O)O[C@@H]3C[C@H]3CCCCCc3nc4ccc(C(F)(F)F)cc4nc3O2)[C@@H]1C=O. The van der Waals surface area contributed by atoms with Gasteiger partial charge in [0.2, 0.25) is 11.8 Å². The second kappa shape index (κ2) is 11.3. The van der Waals surface area contributed by atoms with E-state index in [4.69, 9.17) is 9.47 Å². The zero-order valence-corrected chi connectivity index (χ0v) is 24.2. The minimum atomic E-state index is -4.54. The third-order valence-corrected chi connectivity index (χ3v) is 8.55. The van der Waals surface area contributed by atoms with Crippen molar-refractivity contribution in [2.45, 2.75) is 96.7 Å². The standard InChI is InChI=1S/C30H37F3N4O5/c1-16-22(15-38)37-14-24(16)41-26-20(34-19-11-10-18(30(31,32)33)13-21(19)35-26)9-7-5-6-8-17-12-23(17)42-28(40)36-25(27(37)39)29(2,3)4/h10-11,13,15-17,22-25H,5-9,12,14H2,1-4H3,(H,36,40)/t16-,17+,22+,23+,24-,25+/m0/s1. The molecule has 1 saturated carbocycles. The minimum Gasteiger partial charge on any atom is -0.471 e. The van der Waals surface area contributed by atoms with Gasteiger partial charge in [0.1, 0.15) is 30.2 Å². The fourth-order valence-electron chi connectivity index (χ4n) is 5.86. The molecule has 6 atom stereocenters. The van der Waals surface area contributed by atoms with Crippen LogP contribution in [0.15, 0.2) is 18.2 Å². The molecule has 3 heterocycles. The molecular weight excluding hydrogens is 553 g/mol. The molecule has 0 unspecified atom stereocenters. The van der Waals surface area contributed by atoms with E-state index in [2.05, 4.69) is 15.3 Å². The molecular formula is C30H37F3N4O5. The van der Waals surface area contributed by atoms with Crippen LogP contribution >= 0.6 is 0 Å². The normalized spacial score (nSPS) is 29.4. The summed E-state index contributed by atoms with van der Waals surface area (Å²) in [7, 11) is 0. The first-order valence-electron chi connectivity index (χ1n) is 14.5. The molecule has 12 heteroatoms. The number of alkyl halides is 3. The van der Waals surface area contributed by atoms with Gasteiger partial charge in [-0.05, 0) is 55.2 Å².